The van der Waals surface area contributed by atoms with Gasteiger partial charge >= 0.3 is 0 Å². The highest BCUT2D eigenvalue weighted by molar-refractivity contribution is 9.10. The van der Waals surface area contributed by atoms with E-state index >= 15 is 0 Å². The number of nitrogens with two attached hydrogens (primary N) is 1. The molecule has 0 saturated heterocycles. The SMILES string of the molecule is CCCC(C)(N)C(=O)NC(C)c1nc(-c2ccc(Br)cc2)cs1. The first-order valence-corrected chi connectivity index (χ1v) is 9.32. The van der Waals surface area contributed by atoms with Crippen molar-refractivity contribution in [3.63, 3.8) is 0 Å². The third-order valence-corrected chi connectivity index (χ3v) is 5.22. The second-order valence-electron chi connectivity index (χ2n) is 5.94. The van der Waals surface area contributed by atoms with Crippen LogP contribution in [0, 0.1) is 0 Å². The van der Waals surface area contributed by atoms with Gasteiger partial charge in [0, 0.05) is 15.4 Å². The molecule has 0 spiro atoms. The molecule has 0 aliphatic rings. The van der Waals surface area contributed by atoms with Crippen LogP contribution in [0.15, 0.2) is 34.1 Å². The quantitative estimate of drug-likeness (QED) is 0.766. The summed E-state index contributed by atoms with van der Waals surface area (Å²) < 4.78 is 1.04. The second kappa shape index (κ2) is 7.55. The van der Waals surface area contributed by atoms with Crippen molar-refractivity contribution in [2.45, 2.75) is 45.2 Å². The zero-order valence-corrected chi connectivity index (χ0v) is 16.0. The van der Waals surface area contributed by atoms with Crippen molar-refractivity contribution in [1.82, 2.24) is 10.3 Å². The second-order valence-corrected chi connectivity index (χ2v) is 7.75. The Morgan fingerprint density at radius 1 is 1.43 bits per heavy atom. The first kappa shape index (κ1) is 18.1. The molecule has 0 saturated carbocycles. The molecule has 0 radical (unpaired) electrons. The largest absolute Gasteiger partial charge is 0.346 e. The van der Waals surface area contributed by atoms with Crippen LogP contribution in [-0.2, 0) is 4.79 Å². The number of benzene rings is 1. The highest BCUT2D eigenvalue weighted by Crippen LogP contribution is 2.26. The molecule has 2 atom stereocenters. The maximum absolute atomic E-state index is 12.3. The maximum Gasteiger partial charge on any atom is 0.240 e. The van der Waals surface area contributed by atoms with E-state index in [1.54, 1.807) is 18.3 Å². The third-order valence-electron chi connectivity index (χ3n) is 3.67. The minimum atomic E-state index is -0.838. The van der Waals surface area contributed by atoms with Crippen molar-refractivity contribution in [2.24, 2.45) is 5.73 Å². The summed E-state index contributed by atoms with van der Waals surface area (Å²) in [4.78, 5) is 16.9. The highest BCUT2D eigenvalue weighted by Gasteiger charge is 2.28. The van der Waals surface area contributed by atoms with Crippen LogP contribution in [0.3, 0.4) is 0 Å². The standard InChI is InChI=1S/C17H22BrN3OS/c1-4-9-17(3,19)16(22)20-11(2)15-21-14(10-23-15)12-5-7-13(18)8-6-12/h5-8,10-11H,4,9,19H2,1-3H3,(H,20,22). The van der Waals surface area contributed by atoms with Crippen molar-refractivity contribution in [3.8, 4) is 11.3 Å². The van der Waals surface area contributed by atoms with E-state index in [0.29, 0.717) is 6.42 Å². The maximum atomic E-state index is 12.3. The number of carbonyl (C=O) groups is 1. The smallest absolute Gasteiger partial charge is 0.240 e. The summed E-state index contributed by atoms with van der Waals surface area (Å²) in [6.07, 6.45) is 1.54. The number of hydrogen-bond donors (Lipinski definition) is 2. The molecule has 4 nitrogen and oxygen atoms in total. The molecule has 1 aromatic carbocycles. The summed E-state index contributed by atoms with van der Waals surface area (Å²) in [7, 11) is 0. The van der Waals surface area contributed by atoms with Gasteiger partial charge in [-0.1, -0.05) is 41.4 Å². The lowest BCUT2D eigenvalue weighted by Gasteiger charge is -2.24. The fraction of sp³-hybridized carbons (Fsp3) is 0.412. The number of aromatic nitrogens is 1. The summed E-state index contributed by atoms with van der Waals surface area (Å²) in [5.74, 6) is -0.132. The Morgan fingerprint density at radius 3 is 2.70 bits per heavy atom. The minimum absolute atomic E-state index is 0.132. The third kappa shape index (κ3) is 4.62. The molecule has 2 aromatic rings. The lowest BCUT2D eigenvalue weighted by Crippen LogP contribution is -2.52. The Bertz CT molecular complexity index is 667. The number of carbonyl (C=O) groups excluding carboxylic acids is 1. The molecule has 6 heteroatoms. The lowest BCUT2D eigenvalue weighted by molar-refractivity contribution is -0.126. The molecule has 124 valence electrons. The Labute approximate surface area is 149 Å². The summed E-state index contributed by atoms with van der Waals surface area (Å²) >= 11 is 4.97. The number of nitrogens with one attached hydrogen (secondary N) is 1. The zero-order valence-electron chi connectivity index (χ0n) is 13.6. The molecule has 3 N–H and O–H groups in total. The lowest BCUT2D eigenvalue weighted by atomic mass is 9.96. The van der Waals surface area contributed by atoms with Crippen LogP contribution >= 0.6 is 27.3 Å². The molecule has 0 bridgehead atoms. The van der Waals surface area contributed by atoms with E-state index in [-0.39, 0.29) is 11.9 Å². The Kier molecular flexibility index (Phi) is 5.95. The first-order chi connectivity index (χ1) is 10.8. The van der Waals surface area contributed by atoms with Crippen molar-refractivity contribution in [1.29, 1.82) is 0 Å². The highest BCUT2D eigenvalue weighted by atomic mass is 79.9. The molecule has 0 aliphatic carbocycles. The number of thiazole rings is 1. The molecule has 23 heavy (non-hydrogen) atoms. The normalized spacial score (nSPS) is 15.0. The monoisotopic (exact) mass is 395 g/mol. The van der Waals surface area contributed by atoms with Crippen molar-refractivity contribution in [2.75, 3.05) is 0 Å². The molecule has 1 amide bonds. The van der Waals surface area contributed by atoms with Crippen LogP contribution in [0.2, 0.25) is 0 Å². The summed E-state index contributed by atoms with van der Waals surface area (Å²) in [6, 6.07) is 7.86. The number of hydrogen-bond acceptors (Lipinski definition) is 4. The van der Waals surface area contributed by atoms with Crippen LogP contribution in [0.1, 0.15) is 44.7 Å². The van der Waals surface area contributed by atoms with Crippen molar-refractivity contribution >= 4 is 33.2 Å². The molecular formula is C17H22BrN3OS. The molecule has 2 unspecified atom stereocenters. The summed E-state index contributed by atoms with van der Waals surface area (Å²) in [5.41, 5.74) is 7.21. The molecule has 0 aliphatic heterocycles. The Hall–Kier alpha value is -1.24. The average Bonchev–Trinajstić information content (AvgIpc) is 2.97. The van der Waals surface area contributed by atoms with E-state index in [2.05, 4.69) is 26.2 Å². The number of rotatable bonds is 6. The van der Waals surface area contributed by atoms with Crippen molar-refractivity contribution in [3.05, 3.63) is 39.1 Å². The topological polar surface area (TPSA) is 68.0 Å². The van der Waals surface area contributed by atoms with E-state index < -0.39 is 5.54 Å². The van der Waals surface area contributed by atoms with Gasteiger partial charge in [-0.05, 0) is 32.4 Å². The van der Waals surface area contributed by atoms with Crippen LogP contribution in [-0.4, -0.2) is 16.4 Å². The zero-order chi connectivity index (χ0) is 17.0. The van der Waals surface area contributed by atoms with E-state index in [4.69, 9.17) is 5.73 Å². The molecule has 0 fully saturated rings. The summed E-state index contributed by atoms with van der Waals surface area (Å²) in [5, 5.41) is 5.86. The fourth-order valence-electron chi connectivity index (χ4n) is 2.30. The van der Waals surface area contributed by atoms with Gasteiger partial charge in [0.25, 0.3) is 0 Å². The van der Waals surface area contributed by atoms with Crippen LogP contribution < -0.4 is 11.1 Å². The number of nitrogens with zero attached hydrogens (tertiary/aromatic N) is 1. The predicted octanol–water partition coefficient (Wildman–Crippen LogP) is 4.27. The van der Waals surface area contributed by atoms with E-state index in [1.807, 2.05) is 43.5 Å². The first-order valence-electron chi connectivity index (χ1n) is 7.64. The van der Waals surface area contributed by atoms with Gasteiger partial charge in [0.1, 0.15) is 5.01 Å². The molecule has 1 heterocycles. The van der Waals surface area contributed by atoms with Gasteiger partial charge in [-0.3, -0.25) is 4.79 Å². The van der Waals surface area contributed by atoms with Crippen LogP contribution in [0.5, 0.6) is 0 Å². The van der Waals surface area contributed by atoms with E-state index in [0.717, 1.165) is 27.2 Å². The van der Waals surface area contributed by atoms with Crippen LogP contribution in [0.25, 0.3) is 11.3 Å². The fourth-order valence-corrected chi connectivity index (χ4v) is 3.40. The van der Waals surface area contributed by atoms with Gasteiger partial charge in [0.2, 0.25) is 5.91 Å². The van der Waals surface area contributed by atoms with E-state index in [1.165, 1.54) is 0 Å². The number of halogens is 1. The van der Waals surface area contributed by atoms with Gasteiger partial charge in [-0.15, -0.1) is 11.3 Å². The Morgan fingerprint density at radius 2 is 2.09 bits per heavy atom. The van der Waals surface area contributed by atoms with Gasteiger partial charge in [0.15, 0.2) is 0 Å². The van der Waals surface area contributed by atoms with Crippen molar-refractivity contribution < 1.29 is 4.79 Å². The Balaban J connectivity index is 2.08. The van der Waals surface area contributed by atoms with Gasteiger partial charge in [0.05, 0.1) is 17.3 Å². The molecule has 2 rings (SSSR count). The van der Waals surface area contributed by atoms with Gasteiger partial charge < -0.3 is 11.1 Å². The number of amides is 1. The van der Waals surface area contributed by atoms with Gasteiger partial charge in [-0.25, -0.2) is 4.98 Å². The minimum Gasteiger partial charge on any atom is -0.346 e. The van der Waals surface area contributed by atoms with Crippen LogP contribution in [0.4, 0.5) is 0 Å². The molecular weight excluding hydrogens is 374 g/mol. The molecule has 1 aromatic heterocycles. The van der Waals surface area contributed by atoms with Gasteiger partial charge in [-0.2, -0.15) is 0 Å². The van der Waals surface area contributed by atoms with E-state index in [9.17, 15) is 4.79 Å². The average molecular weight is 396 g/mol. The predicted molar refractivity (Wildman–Crippen MR) is 99.3 cm³/mol. The summed E-state index contributed by atoms with van der Waals surface area (Å²) in [6.45, 7) is 5.73.